The van der Waals surface area contributed by atoms with Crippen LogP contribution >= 0.6 is 11.5 Å². The molecule has 0 aliphatic carbocycles. The lowest BCUT2D eigenvalue weighted by Gasteiger charge is -1.94. The molecule has 0 unspecified atom stereocenters. The molecule has 0 radical (unpaired) electrons. The van der Waals surface area contributed by atoms with E-state index in [1.54, 1.807) is 12.5 Å². The number of aromatic nitrogens is 4. The minimum absolute atomic E-state index is 0.526. The van der Waals surface area contributed by atoms with Gasteiger partial charge in [-0.1, -0.05) is 4.49 Å². The molecule has 2 N–H and O–H groups in total. The van der Waals surface area contributed by atoms with E-state index in [1.165, 1.54) is 11.5 Å². The summed E-state index contributed by atoms with van der Waals surface area (Å²) in [4.78, 5) is 3.89. The summed E-state index contributed by atoms with van der Waals surface area (Å²) in [7, 11) is 0. The Kier molecular flexibility index (Phi) is 1.75. The van der Waals surface area contributed by atoms with Gasteiger partial charge in [-0.2, -0.15) is 0 Å². The molecule has 2 heterocycles. The van der Waals surface area contributed by atoms with Crippen LogP contribution in [0.1, 0.15) is 5.69 Å². The Morgan fingerprint density at radius 3 is 3.08 bits per heavy atom. The first kappa shape index (κ1) is 7.23. The van der Waals surface area contributed by atoms with Gasteiger partial charge < -0.3 is 10.3 Å². The molecule has 0 fully saturated rings. The van der Waals surface area contributed by atoms with Crippen molar-refractivity contribution in [2.45, 2.75) is 6.54 Å². The maximum Gasteiger partial charge on any atom is 0.141 e. The molecule has 0 atom stereocenters. The molecule has 0 amide bonds. The molecule has 12 heavy (non-hydrogen) atoms. The van der Waals surface area contributed by atoms with E-state index in [9.17, 15) is 0 Å². The Bertz CT molecular complexity index is 352. The highest BCUT2D eigenvalue weighted by molar-refractivity contribution is 7.03. The Balaban J connectivity index is 2.14. The molecule has 2 aromatic rings. The molecule has 2 rings (SSSR count). The monoisotopic (exact) mass is 181 g/mol. The molecular formula is C6H7N5S. The van der Waals surface area contributed by atoms with Crippen LogP contribution in [0.3, 0.4) is 0 Å². The molecule has 0 bridgehead atoms. The van der Waals surface area contributed by atoms with Crippen LogP contribution in [0.5, 0.6) is 0 Å². The predicted molar refractivity (Wildman–Crippen MR) is 45.7 cm³/mol. The highest BCUT2D eigenvalue weighted by Gasteiger charge is 1.98. The van der Waals surface area contributed by atoms with E-state index in [2.05, 4.69) is 14.6 Å². The molecule has 0 saturated carbocycles. The molecule has 6 heteroatoms. The van der Waals surface area contributed by atoms with Crippen molar-refractivity contribution in [1.82, 2.24) is 19.1 Å². The van der Waals surface area contributed by atoms with Crippen molar-refractivity contribution < 1.29 is 0 Å². The molecule has 0 saturated heterocycles. The fourth-order valence-corrected chi connectivity index (χ4v) is 1.35. The molecule has 5 nitrogen and oxygen atoms in total. The average Bonchev–Trinajstić information content (AvgIpc) is 2.63. The standard InChI is InChI=1S/C6H7N5S/c7-6-2-11(4-8-6)1-5-3-12-10-9-5/h2-4H,1,7H2. The van der Waals surface area contributed by atoms with E-state index in [1.807, 2.05) is 9.95 Å². The fraction of sp³-hybridized carbons (Fsp3) is 0.167. The quantitative estimate of drug-likeness (QED) is 0.726. The van der Waals surface area contributed by atoms with Crippen LogP contribution in [0.2, 0.25) is 0 Å². The van der Waals surface area contributed by atoms with Crippen molar-refractivity contribution in [3.05, 3.63) is 23.6 Å². The maximum atomic E-state index is 5.44. The highest BCUT2D eigenvalue weighted by atomic mass is 32.1. The smallest absolute Gasteiger partial charge is 0.141 e. The van der Waals surface area contributed by atoms with Crippen molar-refractivity contribution in [3.8, 4) is 0 Å². The van der Waals surface area contributed by atoms with Gasteiger partial charge in [0.15, 0.2) is 0 Å². The summed E-state index contributed by atoms with van der Waals surface area (Å²) >= 11 is 1.34. The van der Waals surface area contributed by atoms with Crippen molar-refractivity contribution in [1.29, 1.82) is 0 Å². The summed E-state index contributed by atoms with van der Waals surface area (Å²) in [6.45, 7) is 0.681. The molecule has 0 spiro atoms. The topological polar surface area (TPSA) is 69.6 Å². The van der Waals surface area contributed by atoms with Crippen LogP contribution < -0.4 is 5.73 Å². The van der Waals surface area contributed by atoms with Gasteiger partial charge in [0, 0.05) is 11.6 Å². The Morgan fingerprint density at radius 2 is 2.50 bits per heavy atom. The predicted octanol–water partition coefficient (Wildman–Crippen LogP) is 0.365. The van der Waals surface area contributed by atoms with Gasteiger partial charge in [-0.25, -0.2) is 4.98 Å². The van der Waals surface area contributed by atoms with Crippen LogP contribution in [-0.2, 0) is 6.54 Å². The lowest BCUT2D eigenvalue weighted by atomic mass is 10.5. The number of hydrogen-bond donors (Lipinski definition) is 1. The summed E-state index contributed by atoms with van der Waals surface area (Å²) in [6, 6.07) is 0. The number of nitrogens with zero attached hydrogens (tertiary/aromatic N) is 4. The number of anilines is 1. The zero-order chi connectivity index (χ0) is 8.39. The number of imidazole rings is 1. The molecule has 0 aliphatic rings. The number of hydrogen-bond acceptors (Lipinski definition) is 5. The SMILES string of the molecule is Nc1cn(Cc2csnn2)cn1. The largest absolute Gasteiger partial charge is 0.382 e. The molecular weight excluding hydrogens is 174 g/mol. The molecule has 0 aromatic carbocycles. The Hall–Kier alpha value is -1.43. The van der Waals surface area contributed by atoms with E-state index >= 15 is 0 Å². The van der Waals surface area contributed by atoms with Crippen LogP contribution in [-0.4, -0.2) is 19.1 Å². The van der Waals surface area contributed by atoms with Crippen LogP contribution in [0, 0.1) is 0 Å². The minimum Gasteiger partial charge on any atom is -0.382 e. The number of nitrogen functional groups attached to an aromatic ring is 1. The number of nitrogens with two attached hydrogens (primary N) is 1. The first-order valence-corrected chi connectivity index (χ1v) is 4.21. The second kappa shape index (κ2) is 2.90. The summed E-state index contributed by atoms with van der Waals surface area (Å²) in [5.41, 5.74) is 6.37. The van der Waals surface area contributed by atoms with Gasteiger partial charge in [0.1, 0.15) is 5.82 Å². The first-order valence-electron chi connectivity index (χ1n) is 3.38. The summed E-state index contributed by atoms with van der Waals surface area (Å²) < 4.78 is 5.62. The van der Waals surface area contributed by atoms with E-state index in [0.717, 1.165) is 5.69 Å². The summed E-state index contributed by atoms with van der Waals surface area (Å²) in [5.74, 6) is 0.526. The third kappa shape index (κ3) is 1.42. The van der Waals surface area contributed by atoms with Gasteiger partial charge in [-0.15, -0.1) is 5.10 Å². The Morgan fingerprint density at radius 1 is 1.58 bits per heavy atom. The normalized spacial score (nSPS) is 10.3. The average molecular weight is 181 g/mol. The second-order valence-corrected chi connectivity index (χ2v) is 2.98. The van der Waals surface area contributed by atoms with Gasteiger partial charge in [0.25, 0.3) is 0 Å². The highest BCUT2D eigenvalue weighted by Crippen LogP contribution is 2.02. The zero-order valence-corrected chi connectivity index (χ0v) is 7.03. The zero-order valence-electron chi connectivity index (χ0n) is 6.21. The van der Waals surface area contributed by atoms with Gasteiger partial charge in [0.2, 0.25) is 0 Å². The first-order chi connectivity index (χ1) is 5.84. The van der Waals surface area contributed by atoms with Gasteiger partial charge in [-0.05, 0) is 11.5 Å². The molecule has 62 valence electrons. The lowest BCUT2D eigenvalue weighted by Crippen LogP contribution is -1.96. The second-order valence-electron chi connectivity index (χ2n) is 2.37. The van der Waals surface area contributed by atoms with Crippen LogP contribution in [0.4, 0.5) is 5.82 Å². The van der Waals surface area contributed by atoms with Gasteiger partial charge >= 0.3 is 0 Å². The van der Waals surface area contributed by atoms with Crippen LogP contribution in [0.25, 0.3) is 0 Å². The van der Waals surface area contributed by atoms with Gasteiger partial charge in [0.05, 0.1) is 18.6 Å². The third-order valence-corrected chi connectivity index (χ3v) is 1.96. The van der Waals surface area contributed by atoms with E-state index in [-0.39, 0.29) is 0 Å². The Labute approximate surface area is 73.0 Å². The number of rotatable bonds is 2. The lowest BCUT2D eigenvalue weighted by molar-refractivity contribution is 0.768. The van der Waals surface area contributed by atoms with E-state index in [0.29, 0.717) is 12.4 Å². The van der Waals surface area contributed by atoms with Crippen molar-refractivity contribution in [3.63, 3.8) is 0 Å². The minimum atomic E-state index is 0.526. The van der Waals surface area contributed by atoms with Crippen molar-refractivity contribution >= 4 is 17.4 Å². The van der Waals surface area contributed by atoms with Crippen molar-refractivity contribution in [2.24, 2.45) is 0 Å². The summed E-state index contributed by atoms with van der Waals surface area (Å²) in [5, 5.41) is 5.80. The van der Waals surface area contributed by atoms with Crippen LogP contribution in [0.15, 0.2) is 17.9 Å². The third-order valence-electron chi connectivity index (χ3n) is 1.40. The van der Waals surface area contributed by atoms with Crippen molar-refractivity contribution in [2.75, 3.05) is 5.73 Å². The summed E-state index contributed by atoms with van der Waals surface area (Å²) in [6.07, 6.45) is 3.44. The maximum absolute atomic E-state index is 5.44. The molecule has 2 aromatic heterocycles. The van der Waals surface area contributed by atoms with E-state index in [4.69, 9.17) is 5.73 Å². The van der Waals surface area contributed by atoms with E-state index < -0.39 is 0 Å². The fourth-order valence-electron chi connectivity index (χ4n) is 0.904. The molecule has 0 aliphatic heterocycles. The van der Waals surface area contributed by atoms with Gasteiger partial charge in [-0.3, -0.25) is 0 Å².